The van der Waals surface area contributed by atoms with Crippen LogP contribution in [0.3, 0.4) is 0 Å². The molecule has 3 aromatic rings. The lowest BCUT2D eigenvalue weighted by molar-refractivity contribution is 0.222. The van der Waals surface area contributed by atoms with Crippen molar-refractivity contribution < 1.29 is 14.2 Å². The number of nitrogens with zero attached hydrogens (tertiary/aromatic N) is 3. The van der Waals surface area contributed by atoms with E-state index in [1.165, 1.54) is 18.3 Å². The van der Waals surface area contributed by atoms with Crippen molar-refractivity contribution in [2.75, 3.05) is 11.9 Å². The molecule has 8 heteroatoms. The molecule has 0 aliphatic carbocycles. The highest BCUT2D eigenvalue weighted by Crippen LogP contribution is 2.38. The van der Waals surface area contributed by atoms with Gasteiger partial charge in [-0.05, 0) is 38.1 Å². The highest BCUT2D eigenvalue weighted by molar-refractivity contribution is 5.70. The summed E-state index contributed by atoms with van der Waals surface area (Å²) in [5.41, 5.74) is 8.17. The molecule has 0 saturated carbocycles. The molecular weight excluding hydrogens is 361 g/mol. The summed E-state index contributed by atoms with van der Waals surface area (Å²) in [4.78, 5) is 4.50. The standard InChI is InChI=1S/C20H22FN5O2/c1-11(16-9-14(21)7-13-8-15(3-5-22)28-19(13)16)24-18-4-6-26-20(25-18)17(10-23-26)12(2)27/h4,6-7,9-11,15,27H,2-3,5,8,22H2,1H3,(H,24,25)/t11-,15?/m1/s1. The average molecular weight is 383 g/mol. The van der Waals surface area contributed by atoms with Crippen molar-refractivity contribution in [1.82, 2.24) is 14.6 Å². The Hall–Kier alpha value is -3.13. The lowest BCUT2D eigenvalue weighted by Crippen LogP contribution is -2.18. The minimum absolute atomic E-state index is 0.0212. The molecule has 3 heterocycles. The van der Waals surface area contributed by atoms with Gasteiger partial charge < -0.3 is 20.9 Å². The van der Waals surface area contributed by atoms with Crippen LogP contribution in [0.15, 0.2) is 37.2 Å². The zero-order valence-electron chi connectivity index (χ0n) is 15.5. The minimum atomic E-state index is -0.294. The quantitative estimate of drug-likeness (QED) is 0.566. The number of nitrogens with two attached hydrogens (primary N) is 1. The second kappa shape index (κ2) is 7.12. The number of hydrogen-bond acceptors (Lipinski definition) is 6. The third kappa shape index (κ3) is 3.27. The molecule has 1 aromatic carbocycles. The molecule has 4 N–H and O–H groups in total. The summed E-state index contributed by atoms with van der Waals surface area (Å²) in [5.74, 6) is 0.889. The number of benzene rings is 1. The number of halogens is 1. The van der Waals surface area contributed by atoms with Crippen LogP contribution in [0.5, 0.6) is 5.75 Å². The molecule has 7 nitrogen and oxygen atoms in total. The summed E-state index contributed by atoms with van der Waals surface area (Å²) in [5, 5.41) is 17.1. The minimum Gasteiger partial charge on any atom is -0.508 e. The highest BCUT2D eigenvalue weighted by Gasteiger charge is 2.28. The third-order valence-corrected chi connectivity index (χ3v) is 4.89. The first-order valence-electron chi connectivity index (χ1n) is 9.14. The fraction of sp³-hybridized carbons (Fsp3) is 0.300. The van der Waals surface area contributed by atoms with Gasteiger partial charge in [0.2, 0.25) is 0 Å². The molecule has 2 atom stereocenters. The Bertz CT molecular complexity index is 1050. The van der Waals surface area contributed by atoms with Crippen LogP contribution >= 0.6 is 0 Å². The topological polar surface area (TPSA) is 97.7 Å². The normalized spacial score (nSPS) is 16.6. The molecule has 28 heavy (non-hydrogen) atoms. The van der Waals surface area contributed by atoms with Crippen LogP contribution in [0.1, 0.15) is 36.1 Å². The van der Waals surface area contributed by atoms with E-state index in [9.17, 15) is 9.50 Å². The van der Waals surface area contributed by atoms with Crippen molar-refractivity contribution in [3.05, 3.63) is 59.7 Å². The van der Waals surface area contributed by atoms with Crippen molar-refractivity contribution >= 4 is 17.2 Å². The van der Waals surface area contributed by atoms with Crippen LogP contribution < -0.4 is 15.8 Å². The zero-order valence-corrected chi connectivity index (χ0v) is 15.5. The molecule has 0 radical (unpaired) electrons. The lowest BCUT2D eigenvalue weighted by Gasteiger charge is -2.19. The molecule has 146 valence electrons. The smallest absolute Gasteiger partial charge is 0.168 e. The molecule has 0 fully saturated rings. The van der Waals surface area contributed by atoms with E-state index in [1.807, 2.05) is 6.92 Å². The largest absolute Gasteiger partial charge is 0.508 e. The van der Waals surface area contributed by atoms with Gasteiger partial charge in [-0.25, -0.2) is 13.9 Å². The molecule has 1 aliphatic heterocycles. The van der Waals surface area contributed by atoms with Gasteiger partial charge in [0.15, 0.2) is 5.65 Å². The maximum absolute atomic E-state index is 14.2. The van der Waals surface area contributed by atoms with Gasteiger partial charge >= 0.3 is 0 Å². The van der Waals surface area contributed by atoms with Crippen LogP contribution in [0.2, 0.25) is 0 Å². The number of rotatable bonds is 6. The van der Waals surface area contributed by atoms with Gasteiger partial charge in [0.1, 0.15) is 29.2 Å². The first kappa shape index (κ1) is 18.2. The second-order valence-electron chi connectivity index (χ2n) is 6.96. The fourth-order valence-corrected chi connectivity index (χ4v) is 3.54. The van der Waals surface area contributed by atoms with E-state index in [-0.39, 0.29) is 23.7 Å². The lowest BCUT2D eigenvalue weighted by atomic mass is 10.0. The molecule has 4 rings (SSSR count). The number of nitrogens with one attached hydrogen (secondary N) is 1. The SMILES string of the molecule is C=C(O)c1cnn2ccc(N[C@H](C)c3cc(F)cc4c3OC(CCN)C4)nc12. The fourth-order valence-electron chi connectivity index (χ4n) is 3.54. The summed E-state index contributed by atoms with van der Waals surface area (Å²) in [6.45, 7) is 5.98. The summed E-state index contributed by atoms with van der Waals surface area (Å²) in [6, 6.07) is 4.52. The number of fused-ring (bicyclic) bond motifs is 2. The number of aromatic nitrogens is 3. The molecule has 2 aromatic heterocycles. The summed E-state index contributed by atoms with van der Waals surface area (Å²) in [7, 11) is 0. The predicted octanol–water partition coefficient (Wildman–Crippen LogP) is 3.22. The van der Waals surface area contributed by atoms with Gasteiger partial charge in [0, 0.05) is 23.7 Å². The Balaban J connectivity index is 1.63. The van der Waals surface area contributed by atoms with Crippen molar-refractivity contribution in [2.45, 2.75) is 31.9 Å². The first-order valence-corrected chi connectivity index (χ1v) is 9.14. The Kier molecular flexibility index (Phi) is 4.64. The van der Waals surface area contributed by atoms with Crippen LogP contribution in [0, 0.1) is 5.82 Å². The summed E-state index contributed by atoms with van der Waals surface area (Å²) in [6.07, 6.45) is 4.60. The monoisotopic (exact) mass is 383 g/mol. The maximum atomic E-state index is 14.2. The van der Waals surface area contributed by atoms with Gasteiger partial charge in [0.05, 0.1) is 17.8 Å². The highest BCUT2D eigenvalue weighted by atomic mass is 19.1. The van der Waals surface area contributed by atoms with Gasteiger partial charge in [0.25, 0.3) is 0 Å². The molecule has 1 aliphatic rings. The van der Waals surface area contributed by atoms with Gasteiger partial charge in [-0.3, -0.25) is 0 Å². The third-order valence-electron chi connectivity index (χ3n) is 4.89. The van der Waals surface area contributed by atoms with E-state index < -0.39 is 0 Å². The van der Waals surface area contributed by atoms with E-state index in [4.69, 9.17) is 10.5 Å². The average Bonchev–Trinajstić information content (AvgIpc) is 3.24. The van der Waals surface area contributed by atoms with Gasteiger partial charge in [-0.2, -0.15) is 5.10 Å². The van der Waals surface area contributed by atoms with Crippen molar-refractivity contribution in [1.29, 1.82) is 0 Å². The number of aliphatic hydroxyl groups is 1. The molecule has 1 unspecified atom stereocenters. The Morgan fingerprint density at radius 1 is 1.54 bits per heavy atom. The second-order valence-corrected chi connectivity index (χ2v) is 6.96. The van der Waals surface area contributed by atoms with Crippen molar-refractivity contribution in [2.24, 2.45) is 5.73 Å². The number of hydrogen-bond donors (Lipinski definition) is 3. The zero-order chi connectivity index (χ0) is 19.8. The molecule has 0 spiro atoms. The summed E-state index contributed by atoms with van der Waals surface area (Å²) >= 11 is 0. The van der Waals surface area contributed by atoms with E-state index in [1.54, 1.807) is 16.8 Å². The summed E-state index contributed by atoms with van der Waals surface area (Å²) < 4.78 is 21.8. The Morgan fingerprint density at radius 3 is 3.11 bits per heavy atom. The maximum Gasteiger partial charge on any atom is 0.168 e. The molecule has 0 bridgehead atoms. The van der Waals surface area contributed by atoms with Crippen LogP contribution in [-0.2, 0) is 6.42 Å². The van der Waals surface area contributed by atoms with Crippen molar-refractivity contribution in [3.8, 4) is 5.75 Å². The van der Waals surface area contributed by atoms with E-state index in [0.717, 1.165) is 23.3 Å². The molecule has 0 amide bonds. The molecular formula is C20H22FN5O2. The predicted molar refractivity (Wildman–Crippen MR) is 105 cm³/mol. The van der Waals surface area contributed by atoms with Gasteiger partial charge in [-0.15, -0.1) is 0 Å². The Labute approximate surface area is 161 Å². The number of ether oxygens (including phenoxy) is 1. The van der Waals surface area contributed by atoms with E-state index >= 15 is 0 Å². The Morgan fingerprint density at radius 2 is 2.36 bits per heavy atom. The van der Waals surface area contributed by atoms with E-state index in [2.05, 4.69) is 22.0 Å². The van der Waals surface area contributed by atoms with Crippen molar-refractivity contribution in [3.63, 3.8) is 0 Å². The van der Waals surface area contributed by atoms with E-state index in [0.29, 0.717) is 30.0 Å². The van der Waals surface area contributed by atoms with Crippen LogP contribution in [0.25, 0.3) is 11.4 Å². The number of aliphatic hydroxyl groups excluding tert-OH is 1. The number of anilines is 1. The van der Waals surface area contributed by atoms with Gasteiger partial charge in [-0.1, -0.05) is 6.58 Å². The van der Waals surface area contributed by atoms with Crippen LogP contribution in [-0.4, -0.2) is 32.4 Å². The first-order chi connectivity index (χ1) is 13.5. The molecule has 0 saturated heterocycles. The van der Waals surface area contributed by atoms with Crippen LogP contribution in [0.4, 0.5) is 10.2 Å².